The fraction of sp³-hybridized carbons (Fsp3) is 0.185. The van der Waals surface area contributed by atoms with E-state index >= 15 is 0 Å². The Morgan fingerprint density at radius 3 is 2.48 bits per heavy atom. The fourth-order valence-corrected chi connectivity index (χ4v) is 4.66. The minimum absolute atomic E-state index is 0.608. The van der Waals surface area contributed by atoms with E-state index in [9.17, 15) is 13.2 Å². The van der Waals surface area contributed by atoms with Gasteiger partial charge in [-0.15, -0.1) is 0 Å². The molecular formula is C27H22F3N. The van der Waals surface area contributed by atoms with Gasteiger partial charge in [-0.1, -0.05) is 67.9 Å². The van der Waals surface area contributed by atoms with Gasteiger partial charge in [-0.2, -0.15) is 13.2 Å². The van der Waals surface area contributed by atoms with Crippen molar-refractivity contribution in [2.24, 2.45) is 0 Å². The van der Waals surface area contributed by atoms with E-state index in [1.807, 2.05) is 24.3 Å². The zero-order chi connectivity index (χ0) is 21.6. The summed E-state index contributed by atoms with van der Waals surface area (Å²) < 4.78 is 42.7. The van der Waals surface area contributed by atoms with Crippen molar-refractivity contribution in [3.63, 3.8) is 0 Å². The number of para-hydroxylation sites is 1. The molecule has 0 amide bonds. The zero-order valence-corrected chi connectivity index (χ0v) is 17.2. The van der Waals surface area contributed by atoms with Gasteiger partial charge < -0.3 is 4.57 Å². The lowest BCUT2D eigenvalue weighted by Crippen LogP contribution is -2.14. The molecule has 0 bridgehead atoms. The summed E-state index contributed by atoms with van der Waals surface area (Å²) in [6.45, 7) is 2.82. The van der Waals surface area contributed by atoms with Crippen LogP contribution in [0.4, 0.5) is 13.2 Å². The van der Waals surface area contributed by atoms with Gasteiger partial charge in [-0.25, -0.2) is 0 Å². The summed E-state index contributed by atoms with van der Waals surface area (Å²) >= 11 is 0. The van der Waals surface area contributed by atoms with Crippen LogP contribution in [0.1, 0.15) is 47.7 Å². The number of nitrogens with zero attached hydrogens (tertiary/aromatic N) is 1. The van der Waals surface area contributed by atoms with Crippen LogP contribution in [0.3, 0.4) is 0 Å². The van der Waals surface area contributed by atoms with Gasteiger partial charge >= 0.3 is 6.18 Å². The highest BCUT2D eigenvalue weighted by Crippen LogP contribution is 2.43. The van der Waals surface area contributed by atoms with Gasteiger partial charge in [0.1, 0.15) is 0 Å². The molecule has 0 aliphatic carbocycles. The third-order valence-electron chi connectivity index (χ3n) is 6.02. The number of fused-ring (bicyclic) bond motifs is 4. The smallest absolute Gasteiger partial charge is 0.336 e. The summed E-state index contributed by atoms with van der Waals surface area (Å²) in [4.78, 5) is 0. The Morgan fingerprint density at radius 1 is 0.903 bits per heavy atom. The van der Waals surface area contributed by atoms with E-state index in [0.717, 1.165) is 52.3 Å². The second-order valence-electron chi connectivity index (χ2n) is 8.01. The molecule has 1 nitrogen and oxygen atoms in total. The Kier molecular flexibility index (Phi) is 4.73. The molecule has 4 heteroatoms. The van der Waals surface area contributed by atoms with Crippen LogP contribution in [0.25, 0.3) is 22.0 Å². The van der Waals surface area contributed by atoms with Gasteiger partial charge in [0.05, 0.1) is 11.3 Å². The van der Waals surface area contributed by atoms with E-state index in [4.69, 9.17) is 0 Å². The van der Waals surface area contributed by atoms with E-state index in [1.165, 1.54) is 17.7 Å². The molecule has 0 atom stereocenters. The Balaban J connectivity index is 1.84. The molecule has 2 heterocycles. The van der Waals surface area contributed by atoms with Crippen LogP contribution < -0.4 is 0 Å². The number of allylic oxidation sites excluding steroid dienone is 1. The lowest BCUT2D eigenvalue weighted by Gasteiger charge is -2.26. The van der Waals surface area contributed by atoms with Gasteiger partial charge in [0.15, 0.2) is 0 Å². The largest absolute Gasteiger partial charge is 0.416 e. The zero-order valence-electron chi connectivity index (χ0n) is 17.2. The highest BCUT2D eigenvalue weighted by molar-refractivity contribution is 6.02. The highest BCUT2D eigenvalue weighted by atomic mass is 19.4. The molecule has 1 aromatic heterocycles. The molecule has 3 aromatic carbocycles. The van der Waals surface area contributed by atoms with Crippen LogP contribution in [0, 0.1) is 0 Å². The van der Waals surface area contributed by atoms with Crippen molar-refractivity contribution in [2.75, 3.05) is 0 Å². The number of aromatic nitrogens is 1. The van der Waals surface area contributed by atoms with E-state index < -0.39 is 11.7 Å². The van der Waals surface area contributed by atoms with Crippen LogP contribution in [0.5, 0.6) is 0 Å². The lowest BCUT2D eigenvalue weighted by molar-refractivity contribution is -0.137. The fourth-order valence-electron chi connectivity index (χ4n) is 4.66. The molecular weight excluding hydrogens is 395 g/mol. The molecule has 0 saturated heterocycles. The number of hydrogen-bond acceptors (Lipinski definition) is 0. The number of halogens is 3. The van der Waals surface area contributed by atoms with Gasteiger partial charge in [0.25, 0.3) is 0 Å². The van der Waals surface area contributed by atoms with Crippen molar-refractivity contribution >= 4 is 22.0 Å². The third kappa shape index (κ3) is 3.36. The van der Waals surface area contributed by atoms with Crippen molar-refractivity contribution in [1.29, 1.82) is 0 Å². The highest BCUT2D eigenvalue weighted by Gasteiger charge is 2.31. The number of benzene rings is 3. The molecule has 1 aliphatic heterocycles. The Labute approximate surface area is 179 Å². The first kappa shape index (κ1) is 19.7. The standard InChI is InChI=1S/C27H22F3N/c1-2-8-22(18-11-7-12-21(15-18)27(28,29)30)26-23-13-5-3-10-20(23)17-31-24-14-6-4-9-19(24)16-25(26)31/h3-7,9-16H,2,8,17H2,1H3/b26-22-. The molecule has 0 spiro atoms. The lowest BCUT2D eigenvalue weighted by atomic mass is 9.85. The summed E-state index contributed by atoms with van der Waals surface area (Å²) in [5, 5.41) is 1.14. The van der Waals surface area contributed by atoms with Crippen LogP contribution in [0.15, 0.2) is 78.9 Å². The van der Waals surface area contributed by atoms with E-state index in [2.05, 4.69) is 41.8 Å². The molecule has 4 aromatic rings. The maximum atomic E-state index is 13.5. The molecule has 5 rings (SSSR count). The predicted octanol–water partition coefficient (Wildman–Crippen LogP) is 7.78. The first-order valence-electron chi connectivity index (χ1n) is 10.5. The summed E-state index contributed by atoms with van der Waals surface area (Å²) in [7, 11) is 0. The van der Waals surface area contributed by atoms with Crippen LogP contribution in [-0.2, 0) is 12.7 Å². The molecule has 0 unspecified atom stereocenters. The third-order valence-corrected chi connectivity index (χ3v) is 6.02. The molecule has 0 fully saturated rings. The quantitative estimate of drug-likeness (QED) is 0.282. The first-order chi connectivity index (χ1) is 15.0. The SMILES string of the molecule is CCC/C(=C1\c2ccccc2Cn2c1cc1ccccc12)c1cccc(C(F)(F)F)c1. The first-order valence-corrected chi connectivity index (χ1v) is 10.5. The van der Waals surface area contributed by atoms with Gasteiger partial charge in [-0.05, 0) is 52.9 Å². The van der Waals surface area contributed by atoms with Gasteiger partial charge in [-0.3, -0.25) is 0 Å². The van der Waals surface area contributed by atoms with Gasteiger partial charge in [0.2, 0.25) is 0 Å². The van der Waals surface area contributed by atoms with Crippen molar-refractivity contribution in [2.45, 2.75) is 32.5 Å². The summed E-state index contributed by atoms with van der Waals surface area (Å²) in [5.74, 6) is 0. The van der Waals surface area contributed by atoms with E-state index in [-0.39, 0.29) is 0 Å². The number of alkyl halides is 3. The molecule has 0 saturated carbocycles. The summed E-state index contributed by atoms with van der Waals surface area (Å²) in [6.07, 6.45) is -2.82. The number of hydrogen-bond donors (Lipinski definition) is 0. The van der Waals surface area contributed by atoms with E-state index in [1.54, 1.807) is 6.07 Å². The number of rotatable bonds is 3. The molecule has 0 N–H and O–H groups in total. The second kappa shape index (κ2) is 7.45. The topological polar surface area (TPSA) is 4.93 Å². The van der Waals surface area contributed by atoms with Gasteiger partial charge in [0, 0.05) is 23.0 Å². The Morgan fingerprint density at radius 2 is 1.68 bits per heavy atom. The Bertz CT molecular complexity index is 1310. The van der Waals surface area contributed by atoms with Crippen molar-refractivity contribution in [3.05, 3.63) is 107 Å². The molecule has 156 valence electrons. The maximum Gasteiger partial charge on any atom is 0.416 e. The maximum absolute atomic E-state index is 13.5. The predicted molar refractivity (Wildman–Crippen MR) is 120 cm³/mol. The molecule has 0 radical (unpaired) electrons. The van der Waals surface area contributed by atoms with Crippen molar-refractivity contribution in [3.8, 4) is 0 Å². The van der Waals surface area contributed by atoms with E-state index in [0.29, 0.717) is 12.0 Å². The monoisotopic (exact) mass is 417 g/mol. The van der Waals surface area contributed by atoms with Crippen LogP contribution in [-0.4, -0.2) is 4.57 Å². The second-order valence-corrected chi connectivity index (χ2v) is 8.01. The van der Waals surface area contributed by atoms with Crippen molar-refractivity contribution < 1.29 is 13.2 Å². The Hall–Kier alpha value is -3.27. The van der Waals surface area contributed by atoms with Crippen LogP contribution in [0.2, 0.25) is 0 Å². The van der Waals surface area contributed by atoms with Crippen molar-refractivity contribution in [1.82, 2.24) is 4.57 Å². The average Bonchev–Trinajstić information content (AvgIpc) is 3.14. The average molecular weight is 417 g/mol. The molecule has 31 heavy (non-hydrogen) atoms. The minimum Gasteiger partial charge on any atom is -0.336 e. The normalized spacial score (nSPS) is 15.0. The summed E-state index contributed by atoms with van der Waals surface area (Å²) in [5.41, 5.74) is 6.55. The summed E-state index contributed by atoms with van der Waals surface area (Å²) in [6, 6.07) is 24.4. The molecule has 1 aliphatic rings. The minimum atomic E-state index is -4.36. The van der Waals surface area contributed by atoms with Crippen LogP contribution >= 0.6 is 0 Å².